The van der Waals surface area contributed by atoms with E-state index in [1.807, 2.05) is 25.3 Å². The average Bonchev–Trinajstić information content (AvgIpc) is 3.31. The van der Waals surface area contributed by atoms with E-state index in [4.69, 9.17) is 4.74 Å². The third-order valence-electron chi connectivity index (χ3n) is 6.84. The molecule has 1 fully saturated rings. The van der Waals surface area contributed by atoms with Crippen LogP contribution in [0.25, 0.3) is 11.0 Å². The Balaban J connectivity index is 1.51. The number of nitrogens with zero attached hydrogens (tertiary/aromatic N) is 5. The molecule has 9 nitrogen and oxygen atoms in total. The van der Waals surface area contributed by atoms with Gasteiger partial charge in [0, 0.05) is 55.2 Å². The maximum atomic E-state index is 14.3. The third kappa shape index (κ3) is 4.22. The predicted octanol–water partition coefficient (Wildman–Crippen LogP) is 2.79. The van der Waals surface area contributed by atoms with Gasteiger partial charge in [-0.25, -0.2) is 27.1 Å². The summed E-state index contributed by atoms with van der Waals surface area (Å²) in [5.41, 5.74) is 4.40. The van der Waals surface area contributed by atoms with Crippen molar-refractivity contribution in [3.8, 4) is 5.88 Å². The number of nitrogens with one attached hydrogen (secondary N) is 1. The smallest absolute Gasteiger partial charge is 0.217 e. The van der Waals surface area contributed by atoms with Gasteiger partial charge in [0.1, 0.15) is 18.6 Å². The molecule has 5 heterocycles. The summed E-state index contributed by atoms with van der Waals surface area (Å²) in [6.45, 7) is 3.31. The maximum absolute atomic E-state index is 14.3. The van der Waals surface area contributed by atoms with Crippen LogP contribution in [-0.4, -0.2) is 71.3 Å². The molecule has 0 amide bonds. The molecular formula is C23H29FN6O3S. The third-order valence-corrected chi connectivity index (χ3v) is 8.14. The SMILES string of the molecule is CCOc1cc(N2Cc3c(ncnc3C3CCN(S(C)(=O)=O)CC3)C[C@@H]2CF)c2cc[nH]c2n1. The second-order valence-corrected chi connectivity index (χ2v) is 10.9. The Labute approximate surface area is 198 Å². The number of pyridine rings is 1. The molecule has 1 atom stereocenters. The second-order valence-electron chi connectivity index (χ2n) is 8.91. The molecule has 0 spiro atoms. The van der Waals surface area contributed by atoms with Crippen molar-refractivity contribution in [2.24, 2.45) is 0 Å². The van der Waals surface area contributed by atoms with Crippen molar-refractivity contribution in [1.29, 1.82) is 0 Å². The van der Waals surface area contributed by atoms with Crippen molar-refractivity contribution in [1.82, 2.24) is 24.2 Å². The number of halogens is 1. The number of rotatable bonds is 6. The van der Waals surface area contributed by atoms with Crippen LogP contribution < -0.4 is 9.64 Å². The first-order valence-corrected chi connectivity index (χ1v) is 13.4. The number of H-pyrrole nitrogens is 1. The first-order valence-electron chi connectivity index (χ1n) is 11.6. The molecule has 2 aliphatic heterocycles. The van der Waals surface area contributed by atoms with Crippen molar-refractivity contribution in [3.63, 3.8) is 0 Å². The minimum atomic E-state index is -3.20. The summed E-state index contributed by atoms with van der Waals surface area (Å²) in [7, 11) is -3.20. The number of ether oxygens (including phenoxy) is 1. The van der Waals surface area contributed by atoms with Crippen LogP contribution in [0.5, 0.6) is 5.88 Å². The highest BCUT2D eigenvalue weighted by molar-refractivity contribution is 7.88. The van der Waals surface area contributed by atoms with Crippen LogP contribution in [0.4, 0.5) is 10.1 Å². The molecule has 3 aromatic rings. The van der Waals surface area contributed by atoms with Crippen molar-refractivity contribution in [2.75, 3.05) is 37.5 Å². The Morgan fingerprint density at radius 3 is 2.76 bits per heavy atom. The summed E-state index contributed by atoms with van der Waals surface area (Å²) in [4.78, 5) is 18.9. The second kappa shape index (κ2) is 9.10. The van der Waals surface area contributed by atoms with Crippen LogP contribution in [0.15, 0.2) is 24.7 Å². The molecule has 11 heteroatoms. The first-order chi connectivity index (χ1) is 16.4. The lowest BCUT2D eigenvalue weighted by Crippen LogP contribution is -2.43. The molecule has 0 aromatic carbocycles. The molecule has 1 saturated heterocycles. The van der Waals surface area contributed by atoms with Crippen LogP contribution in [0.2, 0.25) is 0 Å². The van der Waals surface area contributed by atoms with Gasteiger partial charge in [0.05, 0.1) is 36.0 Å². The lowest BCUT2D eigenvalue weighted by molar-refractivity contribution is 0.316. The quantitative estimate of drug-likeness (QED) is 0.569. The molecule has 2 aliphatic rings. The molecule has 0 unspecified atom stereocenters. The lowest BCUT2D eigenvalue weighted by Gasteiger charge is -2.39. The minimum Gasteiger partial charge on any atom is -0.478 e. The number of piperidine rings is 1. The van der Waals surface area contributed by atoms with Gasteiger partial charge in [0.15, 0.2) is 0 Å². The molecule has 34 heavy (non-hydrogen) atoms. The van der Waals surface area contributed by atoms with Gasteiger partial charge in [-0.3, -0.25) is 0 Å². The monoisotopic (exact) mass is 488 g/mol. The van der Waals surface area contributed by atoms with E-state index in [2.05, 4.69) is 24.8 Å². The molecule has 0 radical (unpaired) electrons. The molecule has 1 N–H and O–H groups in total. The summed E-state index contributed by atoms with van der Waals surface area (Å²) >= 11 is 0. The van der Waals surface area contributed by atoms with E-state index in [9.17, 15) is 12.8 Å². The van der Waals surface area contributed by atoms with Gasteiger partial charge in [-0.1, -0.05) is 0 Å². The molecular weight excluding hydrogens is 459 g/mol. The van der Waals surface area contributed by atoms with Crippen LogP contribution in [0.3, 0.4) is 0 Å². The van der Waals surface area contributed by atoms with E-state index >= 15 is 0 Å². The van der Waals surface area contributed by atoms with Gasteiger partial charge in [-0.05, 0) is 25.8 Å². The van der Waals surface area contributed by atoms with Gasteiger partial charge < -0.3 is 14.6 Å². The average molecular weight is 489 g/mol. The Bertz CT molecular complexity index is 1290. The summed E-state index contributed by atoms with van der Waals surface area (Å²) in [6, 6.07) is 3.46. The molecule has 3 aromatic heterocycles. The summed E-state index contributed by atoms with van der Waals surface area (Å²) in [6.07, 6.45) is 6.52. The zero-order valence-electron chi connectivity index (χ0n) is 19.4. The molecule has 0 bridgehead atoms. The van der Waals surface area contributed by atoms with Crippen molar-refractivity contribution < 1.29 is 17.5 Å². The van der Waals surface area contributed by atoms with Crippen LogP contribution in [-0.2, 0) is 23.0 Å². The summed E-state index contributed by atoms with van der Waals surface area (Å²) in [5.74, 6) is 0.635. The van der Waals surface area contributed by atoms with E-state index in [0.717, 1.165) is 28.0 Å². The van der Waals surface area contributed by atoms with E-state index in [-0.39, 0.29) is 12.0 Å². The number of anilines is 1. The number of sulfonamides is 1. The number of hydrogen-bond acceptors (Lipinski definition) is 7. The van der Waals surface area contributed by atoms with Gasteiger partial charge in [0.2, 0.25) is 15.9 Å². The minimum absolute atomic E-state index is 0.141. The van der Waals surface area contributed by atoms with Gasteiger partial charge in [0.25, 0.3) is 0 Å². The van der Waals surface area contributed by atoms with Crippen LogP contribution >= 0.6 is 0 Å². The highest BCUT2D eigenvalue weighted by Gasteiger charge is 2.34. The predicted molar refractivity (Wildman–Crippen MR) is 127 cm³/mol. The Hall–Kier alpha value is -2.79. The molecule has 5 rings (SSSR count). The molecule has 182 valence electrons. The fraction of sp³-hybridized carbons (Fsp3) is 0.522. The van der Waals surface area contributed by atoms with Crippen molar-refractivity contribution in [3.05, 3.63) is 41.6 Å². The van der Waals surface area contributed by atoms with E-state index < -0.39 is 16.7 Å². The van der Waals surface area contributed by atoms with E-state index in [1.165, 1.54) is 10.6 Å². The van der Waals surface area contributed by atoms with Gasteiger partial charge >= 0.3 is 0 Å². The maximum Gasteiger partial charge on any atom is 0.217 e. The number of hydrogen-bond donors (Lipinski definition) is 1. The number of aromatic amines is 1. The highest BCUT2D eigenvalue weighted by Crippen LogP contribution is 2.38. The molecule has 0 aliphatic carbocycles. The number of aromatic nitrogens is 4. The topological polar surface area (TPSA) is 104 Å². The molecule has 0 saturated carbocycles. The van der Waals surface area contributed by atoms with Crippen LogP contribution in [0, 0.1) is 0 Å². The first kappa shape index (κ1) is 23.0. The number of alkyl halides is 1. The van der Waals surface area contributed by atoms with E-state index in [1.54, 1.807) is 6.33 Å². The number of fused-ring (bicyclic) bond motifs is 2. The Morgan fingerprint density at radius 1 is 1.26 bits per heavy atom. The lowest BCUT2D eigenvalue weighted by atomic mass is 9.87. The standard InChI is InChI=1S/C23H29FN6O3S/c1-3-33-21-11-20(17-4-7-25-23(17)28-21)30-13-18-19(10-16(30)12-24)26-14-27-22(18)15-5-8-29(9-6-15)34(2,31)32/h4,7,11,14-16H,3,5-6,8-10,12-13H2,1-2H3,(H,25,28)/t16-/m1/s1. The van der Waals surface area contributed by atoms with Crippen molar-refractivity contribution >= 4 is 26.7 Å². The fourth-order valence-electron chi connectivity index (χ4n) is 5.13. The van der Waals surface area contributed by atoms with Crippen molar-refractivity contribution in [2.45, 2.75) is 44.7 Å². The fourth-order valence-corrected chi connectivity index (χ4v) is 6.01. The highest BCUT2D eigenvalue weighted by atomic mass is 32.2. The van der Waals surface area contributed by atoms with Gasteiger partial charge in [-0.15, -0.1) is 0 Å². The summed E-state index contributed by atoms with van der Waals surface area (Å²) < 4.78 is 45.4. The largest absolute Gasteiger partial charge is 0.478 e. The van der Waals surface area contributed by atoms with Gasteiger partial charge in [-0.2, -0.15) is 4.98 Å². The zero-order valence-corrected chi connectivity index (χ0v) is 20.2. The Morgan fingerprint density at radius 2 is 2.06 bits per heavy atom. The summed E-state index contributed by atoms with van der Waals surface area (Å²) in [5, 5.41) is 0.908. The zero-order chi connectivity index (χ0) is 23.9. The normalized spacial score (nSPS) is 20.0. The van der Waals surface area contributed by atoms with Crippen LogP contribution in [0.1, 0.15) is 42.6 Å². The Kier molecular flexibility index (Phi) is 6.15. The van der Waals surface area contributed by atoms with E-state index in [0.29, 0.717) is 57.0 Å².